The van der Waals surface area contributed by atoms with Gasteiger partial charge in [-0.15, -0.1) is 0 Å². The van der Waals surface area contributed by atoms with Crippen LogP contribution in [0.1, 0.15) is 30.0 Å². The molecule has 174 valence electrons. The second kappa shape index (κ2) is 9.24. The SMILES string of the molecule is CCCc1ccc(S(=O)(=O)Nc2ccc3c(c2)CN(S(=O)(=O)c2ccc(F)cc2)CC3)cc1. The van der Waals surface area contributed by atoms with Crippen molar-refractivity contribution in [3.05, 3.63) is 89.2 Å². The Morgan fingerprint density at radius 1 is 0.879 bits per heavy atom. The number of hydrogen-bond donors (Lipinski definition) is 1. The van der Waals surface area contributed by atoms with E-state index in [1.165, 1.54) is 16.4 Å². The van der Waals surface area contributed by atoms with E-state index in [4.69, 9.17) is 0 Å². The quantitative estimate of drug-likeness (QED) is 0.537. The number of halogens is 1. The Morgan fingerprint density at radius 3 is 2.21 bits per heavy atom. The first-order chi connectivity index (χ1) is 15.7. The summed E-state index contributed by atoms with van der Waals surface area (Å²) in [6.07, 6.45) is 2.37. The molecule has 0 bridgehead atoms. The molecular formula is C24H25FN2O4S2. The van der Waals surface area contributed by atoms with Gasteiger partial charge in [0.25, 0.3) is 10.0 Å². The molecule has 3 aromatic carbocycles. The Morgan fingerprint density at radius 2 is 1.55 bits per heavy atom. The maximum absolute atomic E-state index is 13.2. The van der Waals surface area contributed by atoms with Crippen molar-refractivity contribution < 1.29 is 21.2 Å². The zero-order valence-electron chi connectivity index (χ0n) is 18.2. The summed E-state index contributed by atoms with van der Waals surface area (Å²) in [6.45, 7) is 2.46. The fourth-order valence-corrected chi connectivity index (χ4v) is 6.36. The topological polar surface area (TPSA) is 83.6 Å². The lowest BCUT2D eigenvalue weighted by Crippen LogP contribution is -2.36. The van der Waals surface area contributed by atoms with E-state index in [0.717, 1.165) is 41.7 Å². The first-order valence-corrected chi connectivity index (χ1v) is 13.6. The van der Waals surface area contributed by atoms with Crippen LogP contribution in [-0.2, 0) is 39.4 Å². The van der Waals surface area contributed by atoms with Gasteiger partial charge in [-0.25, -0.2) is 21.2 Å². The number of rotatable bonds is 7. The van der Waals surface area contributed by atoms with Crippen LogP contribution < -0.4 is 4.72 Å². The minimum atomic E-state index is -3.79. The van der Waals surface area contributed by atoms with E-state index in [9.17, 15) is 21.2 Å². The fraction of sp³-hybridized carbons (Fsp3) is 0.250. The van der Waals surface area contributed by atoms with Crippen LogP contribution in [0.25, 0.3) is 0 Å². The highest BCUT2D eigenvalue weighted by atomic mass is 32.2. The molecule has 1 aliphatic rings. The van der Waals surface area contributed by atoms with Crippen molar-refractivity contribution in [1.82, 2.24) is 4.31 Å². The van der Waals surface area contributed by atoms with E-state index in [1.807, 2.05) is 18.2 Å². The first-order valence-electron chi connectivity index (χ1n) is 10.7. The highest BCUT2D eigenvalue weighted by Crippen LogP contribution is 2.28. The molecule has 0 unspecified atom stereocenters. The van der Waals surface area contributed by atoms with Gasteiger partial charge in [-0.3, -0.25) is 4.72 Å². The number of hydrogen-bond acceptors (Lipinski definition) is 4. The highest BCUT2D eigenvalue weighted by molar-refractivity contribution is 7.92. The summed E-state index contributed by atoms with van der Waals surface area (Å²) in [6, 6.07) is 16.7. The number of aryl methyl sites for hydroxylation is 1. The van der Waals surface area contributed by atoms with E-state index in [1.54, 1.807) is 24.3 Å². The lowest BCUT2D eigenvalue weighted by molar-refractivity contribution is 0.391. The van der Waals surface area contributed by atoms with Gasteiger partial charge in [-0.1, -0.05) is 31.5 Å². The number of sulfonamides is 2. The predicted molar refractivity (Wildman–Crippen MR) is 125 cm³/mol. The van der Waals surface area contributed by atoms with Crippen LogP contribution >= 0.6 is 0 Å². The minimum Gasteiger partial charge on any atom is -0.280 e. The summed E-state index contributed by atoms with van der Waals surface area (Å²) in [7, 11) is -7.57. The van der Waals surface area contributed by atoms with Crippen LogP contribution in [0.5, 0.6) is 0 Å². The molecule has 4 rings (SSSR count). The second-order valence-electron chi connectivity index (χ2n) is 8.03. The summed E-state index contributed by atoms with van der Waals surface area (Å²) in [5.74, 6) is -0.505. The van der Waals surface area contributed by atoms with Crippen molar-refractivity contribution in [3.8, 4) is 0 Å². The largest absolute Gasteiger partial charge is 0.280 e. The zero-order valence-corrected chi connectivity index (χ0v) is 19.8. The molecule has 0 saturated heterocycles. The highest BCUT2D eigenvalue weighted by Gasteiger charge is 2.28. The van der Waals surface area contributed by atoms with Gasteiger partial charge in [-0.05, 0) is 78.1 Å². The van der Waals surface area contributed by atoms with E-state index < -0.39 is 25.9 Å². The van der Waals surface area contributed by atoms with Crippen LogP contribution in [-0.4, -0.2) is 27.7 Å². The third-order valence-electron chi connectivity index (χ3n) is 5.66. The van der Waals surface area contributed by atoms with Crippen molar-refractivity contribution in [2.24, 2.45) is 0 Å². The molecule has 0 saturated carbocycles. The third-order valence-corrected chi connectivity index (χ3v) is 8.92. The van der Waals surface area contributed by atoms with Gasteiger partial charge in [0, 0.05) is 18.8 Å². The van der Waals surface area contributed by atoms with Crippen molar-refractivity contribution >= 4 is 25.7 Å². The molecule has 1 heterocycles. The molecule has 3 aromatic rings. The zero-order chi connectivity index (χ0) is 23.6. The smallest absolute Gasteiger partial charge is 0.261 e. The minimum absolute atomic E-state index is 0.0238. The van der Waals surface area contributed by atoms with E-state index in [2.05, 4.69) is 11.6 Å². The van der Waals surface area contributed by atoms with Crippen LogP contribution in [0, 0.1) is 5.82 Å². The van der Waals surface area contributed by atoms with Gasteiger partial charge < -0.3 is 0 Å². The molecule has 33 heavy (non-hydrogen) atoms. The van der Waals surface area contributed by atoms with Crippen LogP contribution in [0.4, 0.5) is 10.1 Å². The molecule has 0 radical (unpaired) electrons. The molecular weight excluding hydrogens is 463 g/mol. The van der Waals surface area contributed by atoms with Gasteiger partial charge in [-0.2, -0.15) is 4.31 Å². The summed E-state index contributed by atoms with van der Waals surface area (Å²) < 4.78 is 68.7. The molecule has 6 nitrogen and oxygen atoms in total. The molecule has 0 atom stereocenters. The standard InChI is InChI=1S/C24H25FN2O4S2/c1-2-3-18-4-10-23(11-5-18)32(28,29)26-22-9-6-19-14-15-27(17-20(19)16-22)33(30,31)24-12-7-21(25)8-13-24/h4-13,16,26H,2-3,14-15,17H2,1H3. The van der Waals surface area contributed by atoms with Crippen molar-refractivity contribution in [1.29, 1.82) is 0 Å². The number of nitrogens with one attached hydrogen (secondary N) is 1. The average Bonchev–Trinajstić information content (AvgIpc) is 2.79. The normalized spacial score (nSPS) is 14.6. The maximum atomic E-state index is 13.2. The maximum Gasteiger partial charge on any atom is 0.261 e. The van der Waals surface area contributed by atoms with Crippen LogP contribution in [0.3, 0.4) is 0 Å². The van der Waals surface area contributed by atoms with E-state index >= 15 is 0 Å². The Hall–Kier alpha value is -2.75. The Balaban J connectivity index is 1.54. The molecule has 1 N–H and O–H groups in total. The first kappa shape index (κ1) is 23.4. The molecule has 1 aliphatic heterocycles. The lowest BCUT2D eigenvalue weighted by Gasteiger charge is -2.28. The number of anilines is 1. The van der Waals surface area contributed by atoms with Gasteiger partial charge in [0.15, 0.2) is 0 Å². The van der Waals surface area contributed by atoms with E-state index in [-0.39, 0.29) is 16.3 Å². The van der Waals surface area contributed by atoms with Gasteiger partial charge in [0.05, 0.1) is 9.79 Å². The third kappa shape index (κ3) is 5.10. The lowest BCUT2D eigenvalue weighted by atomic mass is 10.0. The van der Waals surface area contributed by atoms with Gasteiger partial charge in [0.1, 0.15) is 5.82 Å². The Labute approximate surface area is 194 Å². The number of nitrogens with zero attached hydrogens (tertiary/aromatic N) is 1. The monoisotopic (exact) mass is 488 g/mol. The van der Waals surface area contributed by atoms with Crippen LogP contribution in [0.2, 0.25) is 0 Å². The fourth-order valence-electron chi connectivity index (χ4n) is 3.89. The van der Waals surface area contributed by atoms with Crippen LogP contribution in [0.15, 0.2) is 76.5 Å². The summed E-state index contributed by atoms with van der Waals surface area (Å²) in [4.78, 5) is 0.191. The summed E-state index contributed by atoms with van der Waals surface area (Å²) in [5, 5.41) is 0. The van der Waals surface area contributed by atoms with Crippen molar-refractivity contribution in [2.75, 3.05) is 11.3 Å². The number of fused-ring (bicyclic) bond motifs is 1. The van der Waals surface area contributed by atoms with Gasteiger partial charge >= 0.3 is 0 Å². The molecule has 0 aliphatic carbocycles. The summed E-state index contributed by atoms with van der Waals surface area (Å²) >= 11 is 0. The van der Waals surface area contributed by atoms with Gasteiger partial charge in [0.2, 0.25) is 10.0 Å². The van der Waals surface area contributed by atoms with Crippen molar-refractivity contribution in [2.45, 2.75) is 42.5 Å². The van der Waals surface area contributed by atoms with E-state index in [0.29, 0.717) is 18.7 Å². The molecule has 9 heteroatoms. The second-order valence-corrected chi connectivity index (χ2v) is 11.6. The number of benzene rings is 3. The Bertz CT molecular complexity index is 1350. The molecule has 0 amide bonds. The molecule has 0 fully saturated rings. The average molecular weight is 489 g/mol. The predicted octanol–water partition coefficient (Wildman–Crippen LogP) is 4.33. The van der Waals surface area contributed by atoms with Crippen molar-refractivity contribution in [3.63, 3.8) is 0 Å². The summed E-state index contributed by atoms with van der Waals surface area (Å²) in [5.41, 5.74) is 3.14. The Kier molecular flexibility index (Phi) is 6.56. The molecule has 0 spiro atoms. The molecule has 0 aromatic heterocycles.